The number of nitrogens with zero attached hydrogens (tertiary/aromatic N) is 1. The largest absolute Gasteiger partial charge is 0.872 e. The van der Waals surface area contributed by atoms with Crippen molar-refractivity contribution in [2.45, 2.75) is 26.7 Å². The number of carboxylic acid groups (broad SMARTS) is 1. The van der Waals surface area contributed by atoms with Gasteiger partial charge in [0.25, 0.3) is 0 Å². The SMILES string of the molecule is CC1(C)CC(=O)c2cc(-c3ccc(Br)cc3)n(-c3ccc([O-])c(C(=O)O)c3)c2C1. The van der Waals surface area contributed by atoms with Gasteiger partial charge in [-0.15, -0.1) is 0 Å². The summed E-state index contributed by atoms with van der Waals surface area (Å²) in [6, 6.07) is 13.9. The Hall–Kier alpha value is -2.86. The predicted molar refractivity (Wildman–Crippen MR) is 112 cm³/mol. The van der Waals surface area contributed by atoms with Gasteiger partial charge in [0.2, 0.25) is 0 Å². The first-order valence-electron chi connectivity index (χ1n) is 9.25. The fourth-order valence-corrected chi connectivity index (χ4v) is 4.23. The highest BCUT2D eigenvalue weighted by Crippen LogP contribution is 2.40. The molecule has 2 aromatic carbocycles. The molecule has 0 spiro atoms. The average Bonchev–Trinajstić information content (AvgIpc) is 3.01. The number of hydrogen-bond acceptors (Lipinski definition) is 3. The highest BCUT2D eigenvalue weighted by molar-refractivity contribution is 9.10. The van der Waals surface area contributed by atoms with Crippen molar-refractivity contribution in [2.75, 3.05) is 0 Å². The highest BCUT2D eigenvalue weighted by Gasteiger charge is 2.35. The zero-order valence-electron chi connectivity index (χ0n) is 16.0. The molecule has 1 aliphatic rings. The van der Waals surface area contributed by atoms with Crippen LogP contribution in [-0.2, 0) is 6.42 Å². The number of carboxylic acids is 1. The van der Waals surface area contributed by atoms with Crippen LogP contribution in [0.3, 0.4) is 0 Å². The summed E-state index contributed by atoms with van der Waals surface area (Å²) in [5.74, 6) is -1.73. The Morgan fingerprint density at radius 2 is 1.79 bits per heavy atom. The Morgan fingerprint density at radius 3 is 2.45 bits per heavy atom. The Bertz CT molecular complexity index is 1140. The number of aromatic carboxylic acids is 1. The molecule has 1 aliphatic carbocycles. The van der Waals surface area contributed by atoms with Gasteiger partial charge < -0.3 is 14.8 Å². The van der Waals surface area contributed by atoms with E-state index >= 15 is 0 Å². The van der Waals surface area contributed by atoms with E-state index in [9.17, 15) is 19.8 Å². The van der Waals surface area contributed by atoms with Gasteiger partial charge >= 0.3 is 5.97 Å². The molecule has 0 amide bonds. The lowest BCUT2D eigenvalue weighted by atomic mass is 9.76. The van der Waals surface area contributed by atoms with E-state index in [1.165, 1.54) is 12.1 Å². The fraction of sp³-hybridized carbons (Fsp3) is 0.217. The maximum atomic E-state index is 12.8. The minimum Gasteiger partial charge on any atom is -0.872 e. The molecule has 0 aliphatic heterocycles. The van der Waals surface area contributed by atoms with Crippen LogP contribution >= 0.6 is 15.9 Å². The van der Waals surface area contributed by atoms with Crippen molar-refractivity contribution in [3.05, 3.63) is 69.8 Å². The summed E-state index contributed by atoms with van der Waals surface area (Å²) < 4.78 is 2.86. The van der Waals surface area contributed by atoms with Gasteiger partial charge in [-0.25, -0.2) is 4.79 Å². The van der Waals surface area contributed by atoms with Gasteiger partial charge in [0.1, 0.15) is 0 Å². The molecule has 0 bridgehead atoms. The number of halogens is 1. The lowest BCUT2D eigenvalue weighted by Crippen LogP contribution is -2.27. The highest BCUT2D eigenvalue weighted by atomic mass is 79.9. The predicted octanol–water partition coefficient (Wildman–Crippen LogP) is 4.83. The second-order valence-corrected chi connectivity index (χ2v) is 9.07. The van der Waals surface area contributed by atoms with Gasteiger partial charge in [-0.1, -0.05) is 53.7 Å². The third-order valence-corrected chi connectivity index (χ3v) is 5.81. The summed E-state index contributed by atoms with van der Waals surface area (Å²) in [6.07, 6.45) is 1.13. The maximum absolute atomic E-state index is 12.8. The minimum absolute atomic E-state index is 0.0762. The van der Waals surface area contributed by atoms with Crippen LogP contribution in [0.15, 0.2) is 53.0 Å². The van der Waals surface area contributed by atoms with Crippen LogP contribution in [0, 0.1) is 5.41 Å². The number of carbonyl (C=O) groups excluding carboxylic acids is 1. The van der Waals surface area contributed by atoms with Gasteiger partial charge in [-0.3, -0.25) is 4.79 Å². The van der Waals surface area contributed by atoms with Crippen molar-refractivity contribution in [3.8, 4) is 22.7 Å². The van der Waals surface area contributed by atoms with Crippen LogP contribution in [0.4, 0.5) is 0 Å². The molecule has 3 aromatic rings. The molecule has 0 atom stereocenters. The molecule has 5 nitrogen and oxygen atoms in total. The van der Waals surface area contributed by atoms with Crippen molar-refractivity contribution in [2.24, 2.45) is 5.41 Å². The molecule has 4 rings (SSSR count). The molecule has 0 saturated heterocycles. The molecule has 148 valence electrons. The number of ketones is 1. The molecule has 0 unspecified atom stereocenters. The van der Waals surface area contributed by atoms with E-state index in [1.54, 1.807) is 6.07 Å². The summed E-state index contributed by atoms with van der Waals surface area (Å²) in [6.45, 7) is 4.10. The number of benzene rings is 2. The zero-order chi connectivity index (χ0) is 20.9. The lowest BCUT2D eigenvalue weighted by molar-refractivity contribution is -0.268. The molecule has 1 heterocycles. The first kappa shape index (κ1) is 19.5. The first-order valence-corrected chi connectivity index (χ1v) is 10.0. The fourth-order valence-electron chi connectivity index (χ4n) is 3.96. The van der Waals surface area contributed by atoms with E-state index in [4.69, 9.17) is 0 Å². The smallest absolute Gasteiger partial charge is 0.335 e. The average molecular weight is 453 g/mol. The molecular formula is C23H19BrNO4-. The molecule has 0 radical (unpaired) electrons. The molecule has 1 N–H and O–H groups in total. The Kier molecular flexibility index (Phi) is 4.62. The van der Waals surface area contributed by atoms with Crippen LogP contribution in [0.25, 0.3) is 16.9 Å². The quantitative estimate of drug-likeness (QED) is 0.616. The number of fused-ring (bicyclic) bond motifs is 1. The van der Waals surface area contributed by atoms with E-state index in [1.807, 2.05) is 48.7 Å². The van der Waals surface area contributed by atoms with Crippen LogP contribution in [0.1, 0.15) is 46.7 Å². The van der Waals surface area contributed by atoms with Crippen molar-refractivity contribution >= 4 is 27.7 Å². The Labute approximate surface area is 176 Å². The van der Waals surface area contributed by atoms with Gasteiger partial charge in [0.15, 0.2) is 5.78 Å². The minimum atomic E-state index is -1.26. The third kappa shape index (κ3) is 3.49. The second kappa shape index (κ2) is 6.88. The number of aromatic nitrogens is 1. The molecular weight excluding hydrogens is 434 g/mol. The van der Waals surface area contributed by atoms with Gasteiger partial charge in [-0.05, 0) is 47.7 Å². The van der Waals surface area contributed by atoms with Crippen molar-refractivity contribution in [3.63, 3.8) is 0 Å². The summed E-state index contributed by atoms with van der Waals surface area (Å²) in [4.78, 5) is 24.4. The van der Waals surface area contributed by atoms with Crippen LogP contribution in [0.2, 0.25) is 0 Å². The maximum Gasteiger partial charge on any atom is 0.335 e. The van der Waals surface area contributed by atoms with Gasteiger partial charge in [0.05, 0.1) is 11.3 Å². The molecule has 29 heavy (non-hydrogen) atoms. The summed E-state index contributed by atoms with van der Waals surface area (Å²) in [5.41, 5.74) is 3.27. The summed E-state index contributed by atoms with van der Waals surface area (Å²) >= 11 is 3.44. The monoisotopic (exact) mass is 452 g/mol. The first-order chi connectivity index (χ1) is 13.7. The van der Waals surface area contributed by atoms with E-state index in [-0.39, 0.29) is 16.8 Å². The number of rotatable bonds is 3. The zero-order valence-corrected chi connectivity index (χ0v) is 17.6. The van der Waals surface area contributed by atoms with Crippen molar-refractivity contribution in [1.82, 2.24) is 4.57 Å². The van der Waals surface area contributed by atoms with Gasteiger partial charge in [-0.2, -0.15) is 0 Å². The molecule has 0 saturated carbocycles. The standard InChI is InChI=1S/C23H20BrNO4/c1-23(2)11-19-16(21(27)12-23)10-18(13-3-5-14(24)6-4-13)25(19)15-7-8-20(26)17(9-15)22(28)29/h3-10,26H,11-12H2,1-2H3,(H,28,29)/p-1. The van der Waals surface area contributed by atoms with E-state index in [0.29, 0.717) is 24.1 Å². The van der Waals surface area contributed by atoms with Crippen molar-refractivity contribution < 1.29 is 19.8 Å². The molecule has 1 aromatic heterocycles. The van der Waals surface area contributed by atoms with E-state index in [2.05, 4.69) is 15.9 Å². The van der Waals surface area contributed by atoms with Crippen molar-refractivity contribution in [1.29, 1.82) is 0 Å². The van der Waals surface area contributed by atoms with E-state index < -0.39 is 11.7 Å². The van der Waals surface area contributed by atoms with E-state index in [0.717, 1.165) is 21.4 Å². The van der Waals surface area contributed by atoms with Crippen LogP contribution < -0.4 is 5.11 Å². The second-order valence-electron chi connectivity index (χ2n) is 8.16. The Morgan fingerprint density at radius 1 is 1.10 bits per heavy atom. The number of carbonyl (C=O) groups is 2. The topological polar surface area (TPSA) is 82.4 Å². The summed E-state index contributed by atoms with van der Waals surface area (Å²) in [7, 11) is 0. The van der Waals surface area contributed by atoms with Crippen LogP contribution in [-0.4, -0.2) is 21.4 Å². The molecule has 0 fully saturated rings. The Balaban J connectivity index is 2.01. The van der Waals surface area contributed by atoms with Crippen LogP contribution in [0.5, 0.6) is 5.75 Å². The normalized spacial score (nSPS) is 15.2. The lowest BCUT2D eigenvalue weighted by Gasteiger charge is -2.30. The number of hydrogen-bond donors (Lipinski definition) is 1. The molecule has 6 heteroatoms. The van der Waals surface area contributed by atoms with Gasteiger partial charge in [0, 0.05) is 27.8 Å². The summed E-state index contributed by atoms with van der Waals surface area (Å²) in [5, 5.41) is 21.4. The third-order valence-electron chi connectivity index (χ3n) is 5.28. The number of Topliss-reactive ketones (excluding diaryl/α,β-unsaturated/α-hetero) is 1.